The van der Waals surface area contributed by atoms with E-state index < -0.39 is 12.2 Å². The molecule has 2 N–H and O–H groups in total. The smallest absolute Gasteiger partial charge is 0.408 e. The lowest BCUT2D eigenvalue weighted by molar-refractivity contribution is -0.183. The van der Waals surface area contributed by atoms with E-state index in [2.05, 4.69) is 10.2 Å². The molecule has 0 radical (unpaired) electrons. The Kier molecular flexibility index (Phi) is 6.56. The van der Waals surface area contributed by atoms with Crippen LogP contribution in [0.15, 0.2) is 48.7 Å². The Labute approximate surface area is 204 Å². The van der Waals surface area contributed by atoms with E-state index in [4.69, 9.17) is 15.5 Å². The summed E-state index contributed by atoms with van der Waals surface area (Å²) >= 11 is 1.70. The Morgan fingerprint density at radius 1 is 1.17 bits per heavy atom. The van der Waals surface area contributed by atoms with Crippen LogP contribution in [0.1, 0.15) is 18.0 Å². The van der Waals surface area contributed by atoms with Gasteiger partial charge >= 0.3 is 6.18 Å². The first-order valence-electron chi connectivity index (χ1n) is 11.3. The summed E-state index contributed by atoms with van der Waals surface area (Å²) in [5, 5.41) is 9.29. The van der Waals surface area contributed by atoms with Gasteiger partial charge in [-0.15, -0.1) is 10.2 Å². The Hall–Kier alpha value is -2.89. The molecule has 2 atom stereocenters. The zero-order valence-electron chi connectivity index (χ0n) is 19.1. The molecule has 35 heavy (non-hydrogen) atoms. The van der Waals surface area contributed by atoms with Gasteiger partial charge in [0.25, 0.3) is 0 Å². The first-order valence-corrected chi connectivity index (χ1v) is 12.7. The number of halogens is 3. The highest BCUT2D eigenvalue weighted by molar-refractivity contribution is 7.98. The molecule has 0 amide bonds. The van der Waals surface area contributed by atoms with E-state index in [0.29, 0.717) is 48.0 Å². The number of aromatic nitrogens is 4. The topological polar surface area (TPSA) is 81.6 Å². The van der Waals surface area contributed by atoms with E-state index >= 15 is 0 Å². The molecule has 2 unspecified atom stereocenters. The normalized spacial score (nSPS) is 17.9. The molecule has 1 aliphatic heterocycles. The van der Waals surface area contributed by atoms with Crippen LogP contribution in [0.2, 0.25) is 0 Å². The average Bonchev–Trinajstić information content (AvgIpc) is 3.44. The van der Waals surface area contributed by atoms with Crippen LogP contribution >= 0.6 is 11.8 Å². The molecule has 0 spiro atoms. The third-order valence-electron chi connectivity index (χ3n) is 6.12. The lowest BCUT2D eigenvalue weighted by atomic mass is 10.1. The molecule has 0 saturated carbocycles. The third-order valence-corrected chi connectivity index (χ3v) is 6.70. The van der Waals surface area contributed by atoms with Gasteiger partial charge in [-0.2, -0.15) is 24.9 Å². The summed E-state index contributed by atoms with van der Waals surface area (Å²) in [5.41, 5.74) is 7.67. The van der Waals surface area contributed by atoms with Crippen LogP contribution in [0.4, 0.5) is 13.2 Å². The molecule has 4 aromatic rings. The first kappa shape index (κ1) is 23.8. The van der Waals surface area contributed by atoms with Crippen molar-refractivity contribution in [2.24, 2.45) is 5.73 Å². The van der Waals surface area contributed by atoms with Gasteiger partial charge in [-0.3, -0.25) is 9.30 Å². The number of nitrogens with two attached hydrogens (primary N) is 1. The van der Waals surface area contributed by atoms with Gasteiger partial charge < -0.3 is 10.5 Å². The number of likely N-dealkylation sites (tertiary alicyclic amines) is 1. The molecule has 0 aliphatic carbocycles. The second kappa shape index (κ2) is 9.63. The molecule has 1 aromatic carbocycles. The fourth-order valence-electron chi connectivity index (χ4n) is 4.45. The lowest BCUT2D eigenvalue weighted by Crippen LogP contribution is -2.38. The van der Waals surface area contributed by atoms with Gasteiger partial charge in [-0.05, 0) is 42.5 Å². The standard InChI is InChI=1S/C24H25F3N6OS/c1-35-11-10-34-18-5-2-15-3-6-19(29-20(15)12-18)23-31-30-21-7-4-16(13-33(21)23)22(24(25,26)27)32-9-8-17(28)14-32/h2-7,12-13,17,22H,8-11,14,28H2,1H3. The van der Waals surface area contributed by atoms with Crippen molar-refractivity contribution in [3.05, 3.63) is 54.2 Å². The van der Waals surface area contributed by atoms with Crippen LogP contribution in [0.3, 0.4) is 0 Å². The zero-order valence-corrected chi connectivity index (χ0v) is 19.9. The SMILES string of the molecule is CSCCOc1ccc2ccc(-c3nnc4ccc(C(N5CCC(N)C5)C(F)(F)F)cn34)nc2c1. The van der Waals surface area contributed by atoms with Gasteiger partial charge in [0.15, 0.2) is 11.5 Å². The Bertz CT molecular complexity index is 1340. The summed E-state index contributed by atoms with van der Waals surface area (Å²) in [5.74, 6) is 1.96. The molecule has 1 saturated heterocycles. The predicted octanol–water partition coefficient (Wildman–Crippen LogP) is 4.32. The van der Waals surface area contributed by atoms with Gasteiger partial charge in [0.1, 0.15) is 17.5 Å². The van der Waals surface area contributed by atoms with Gasteiger partial charge in [-0.25, -0.2) is 4.98 Å². The van der Waals surface area contributed by atoms with Crippen molar-refractivity contribution in [2.45, 2.75) is 24.7 Å². The highest BCUT2D eigenvalue weighted by Crippen LogP contribution is 2.39. The minimum atomic E-state index is -4.44. The number of thioether (sulfide) groups is 1. The third kappa shape index (κ3) is 4.93. The maximum atomic E-state index is 14.1. The van der Waals surface area contributed by atoms with Crippen LogP contribution in [-0.4, -0.2) is 68.4 Å². The predicted molar refractivity (Wildman–Crippen MR) is 131 cm³/mol. The number of pyridine rings is 2. The van der Waals surface area contributed by atoms with Crippen molar-refractivity contribution >= 4 is 28.3 Å². The second-order valence-corrected chi connectivity index (χ2v) is 9.58. The minimum absolute atomic E-state index is 0.116. The summed E-state index contributed by atoms with van der Waals surface area (Å²) in [6.07, 6.45) is -0.431. The zero-order chi connectivity index (χ0) is 24.6. The number of fused-ring (bicyclic) bond motifs is 2. The fourth-order valence-corrected chi connectivity index (χ4v) is 4.70. The molecule has 3 aromatic heterocycles. The summed E-state index contributed by atoms with van der Waals surface area (Å²) in [7, 11) is 0. The van der Waals surface area contributed by atoms with Crippen LogP contribution in [0.25, 0.3) is 28.1 Å². The van der Waals surface area contributed by atoms with E-state index in [1.807, 2.05) is 30.5 Å². The number of rotatable bonds is 7. The number of benzene rings is 1. The van der Waals surface area contributed by atoms with Crippen molar-refractivity contribution < 1.29 is 17.9 Å². The number of ether oxygens (including phenoxy) is 1. The highest BCUT2D eigenvalue weighted by atomic mass is 32.2. The monoisotopic (exact) mass is 502 g/mol. The molecular formula is C24H25F3N6OS. The maximum absolute atomic E-state index is 14.1. The maximum Gasteiger partial charge on any atom is 0.408 e. The summed E-state index contributed by atoms with van der Waals surface area (Å²) < 4.78 is 49.7. The first-order chi connectivity index (χ1) is 16.8. The fraction of sp³-hybridized carbons (Fsp3) is 0.375. The largest absolute Gasteiger partial charge is 0.493 e. The number of nitrogens with zero attached hydrogens (tertiary/aromatic N) is 5. The second-order valence-electron chi connectivity index (χ2n) is 8.59. The van der Waals surface area contributed by atoms with E-state index in [9.17, 15) is 13.2 Å². The van der Waals surface area contributed by atoms with Gasteiger partial charge in [0.2, 0.25) is 0 Å². The van der Waals surface area contributed by atoms with Crippen molar-refractivity contribution in [3.8, 4) is 17.3 Å². The number of alkyl halides is 3. The highest BCUT2D eigenvalue weighted by Gasteiger charge is 2.46. The van der Waals surface area contributed by atoms with Crippen LogP contribution in [0, 0.1) is 0 Å². The van der Waals surface area contributed by atoms with Gasteiger partial charge in [-0.1, -0.05) is 12.1 Å². The molecule has 1 aliphatic rings. The van der Waals surface area contributed by atoms with Crippen LogP contribution < -0.4 is 10.5 Å². The van der Waals surface area contributed by atoms with Gasteiger partial charge in [0.05, 0.1) is 12.1 Å². The quantitative estimate of drug-likeness (QED) is 0.377. The molecule has 4 heterocycles. The lowest BCUT2D eigenvalue weighted by Gasteiger charge is -2.30. The molecular weight excluding hydrogens is 477 g/mol. The Balaban J connectivity index is 1.52. The van der Waals surface area contributed by atoms with Crippen molar-refractivity contribution in [1.82, 2.24) is 24.5 Å². The molecule has 0 bridgehead atoms. The van der Waals surface area contributed by atoms with Crippen LogP contribution in [0.5, 0.6) is 5.75 Å². The van der Waals surface area contributed by atoms with Crippen molar-refractivity contribution in [3.63, 3.8) is 0 Å². The average molecular weight is 503 g/mol. The minimum Gasteiger partial charge on any atom is -0.493 e. The summed E-state index contributed by atoms with van der Waals surface area (Å²) in [4.78, 5) is 6.10. The summed E-state index contributed by atoms with van der Waals surface area (Å²) in [6, 6.07) is 10.4. The molecule has 5 rings (SSSR count). The molecule has 1 fully saturated rings. The summed E-state index contributed by atoms with van der Waals surface area (Å²) in [6.45, 7) is 1.09. The Morgan fingerprint density at radius 3 is 2.74 bits per heavy atom. The van der Waals surface area contributed by atoms with Crippen molar-refractivity contribution in [2.75, 3.05) is 31.7 Å². The number of hydrogen-bond donors (Lipinski definition) is 1. The molecule has 7 nitrogen and oxygen atoms in total. The Morgan fingerprint density at radius 2 is 2.00 bits per heavy atom. The van der Waals surface area contributed by atoms with E-state index in [1.165, 1.54) is 17.2 Å². The molecule has 184 valence electrons. The molecule has 11 heteroatoms. The number of hydrogen-bond acceptors (Lipinski definition) is 7. The van der Waals surface area contributed by atoms with E-state index in [0.717, 1.165) is 11.1 Å². The van der Waals surface area contributed by atoms with E-state index in [-0.39, 0.29) is 18.2 Å². The van der Waals surface area contributed by atoms with E-state index in [1.54, 1.807) is 28.3 Å². The van der Waals surface area contributed by atoms with Gasteiger partial charge in [0, 0.05) is 42.5 Å². The van der Waals surface area contributed by atoms with Crippen molar-refractivity contribution in [1.29, 1.82) is 0 Å². The van der Waals surface area contributed by atoms with Crippen LogP contribution in [-0.2, 0) is 0 Å².